The molecule has 1 fully saturated rings. The Kier molecular flexibility index (Phi) is 3.79. The Hall–Kier alpha value is -0.940. The van der Waals surface area contributed by atoms with Crippen LogP contribution in [0.4, 0.5) is 5.69 Å². The molecule has 0 bridgehead atoms. The van der Waals surface area contributed by atoms with E-state index < -0.39 is 0 Å². The summed E-state index contributed by atoms with van der Waals surface area (Å²) < 4.78 is 0.878. The first-order valence-electron chi connectivity index (χ1n) is 5.78. The molecule has 0 heterocycles. The van der Waals surface area contributed by atoms with Crippen molar-refractivity contribution in [3.8, 4) is 0 Å². The molecule has 17 heavy (non-hydrogen) atoms. The SMILES string of the molecule is CCC1CC1NCc1cc(Br)ccc1[N+](=O)[O-]. The summed E-state index contributed by atoms with van der Waals surface area (Å²) in [5.41, 5.74) is 0.931. The lowest BCUT2D eigenvalue weighted by atomic mass is 10.2. The van der Waals surface area contributed by atoms with Gasteiger partial charge in [0.05, 0.1) is 4.92 Å². The summed E-state index contributed by atoms with van der Waals surface area (Å²) in [4.78, 5) is 10.6. The van der Waals surface area contributed by atoms with Gasteiger partial charge in [0.25, 0.3) is 5.69 Å². The van der Waals surface area contributed by atoms with Crippen LogP contribution in [-0.4, -0.2) is 11.0 Å². The molecular weight excluding hydrogens is 284 g/mol. The maximum absolute atomic E-state index is 10.9. The zero-order valence-electron chi connectivity index (χ0n) is 9.65. The van der Waals surface area contributed by atoms with Crippen LogP contribution in [-0.2, 0) is 6.54 Å². The molecule has 2 atom stereocenters. The van der Waals surface area contributed by atoms with Crippen LogP contribution in [0.3, 0.4) is 0 Å². The third-order valence-electron chi connectivity index (χ3n) is 3.24. The van der Waals surface area contributed by atoms with Crippen molar-refractivity contribution in [3.05, 3.63) is 38.3 Å². The van der Waals surface area contributed by atoms with Crippen LogP contribution in [0.25, 0.3) is 0 Å². The summed E-state index contributed by atoms with van der Waals surface area (Å²) in [6.45, 7) is 2.74. The number of nitro benzene ring substituents is 1. The average Bonchev–Trinajstić information content (AvgIpc) is 3.04. The monoisotopic (exact) mass is 298 g/mol. The van der Waals surface area contributed by atoms with Crippen LogP contribution >= 0.6 is 15.9 Å². The van der Waals surface area contributed by atoms with E-state index in [0.717, 1.165) is 16.0 Å². The van der Waals surface area contributed by atoms with Gasteiger partial charge in [-0.05, 0) is 24.5 Å². The van der Waals surface area contributed by atoms with Crippen LogP contribution in [0.15, 0.2) is 22.7 Å². The first-order chi connectivity index (χ1) is 8.11. The lowest BCUT2D eigenvalue weighted by molar-refractivity contribution is -0.385. The smallest absolute Gasteiger partial charge is 0.273 e. The Labute approximate surface area is 109 Å². The van der Waals surface area contributed by atoms with Crippen LogP contribution in [0.5, 0.6) is 0 Å². The van der Waals surface area contributed by atoms with Crippen molar-refractivity contribution in [1.82, 2.24) is 5.32 Å². The highest BCUT2D eigenvalue weighted by Gasteiger charge is 2.34. The summed E-state index contributed by atoms with van der Waals surface area (Å²) in [7, 11) is 0. The predicted octanol–water partition coefficient (Wildman–Crippen LogP) is 3.25. The first-order valence-corrected chi connectivity index (χ1v) is 6.57. The molecule has 0 aliphatic heterocycles. The van der Waals surface area contributed by atoms with E-state index >= 15 is 0 Å². The fourth-order valence-corrected chi connectivity index (χ4v) is 2.47. The average molecular weight is 299 g/mol. The van der Waals surface area contributed by atoms with Crippen LogP contribution in [0, 0.1) is 16.0 Å². The number of halogens is 1. The lowest BCUT2D eigenvalue weighted by Gasteiger charge is -2.05. The van der Waals surface area contributed by atoms with E-state index in [2.05, 4.69) is 28.2 Å². The van der Waals surface area contributed by atoms with Gasteiger partial charge >= 0.3 is 0 Å². The van der Waals surface area contributed by atoms with Crippen molar-refractivity contribution < 1.29 is 4.92 Å². The molecule has 2 rings (SSSR count). The maximum atomic E-state index is 10.9. The number of nitrogens with one attached hydrogen (secondary N) is 1. The van der Waals surface area contributed by atoms with Gasteiger partial charge in [0.15, 0.2) is 0 Å². The van der Waals surface area contributed by atoms with Crippen molar-refractivity contribution in [3.63, 3.8) is 0 Å². The second kappa shape index (κ2) is 5.14. The Morgan fingerprint density at radius 3 is 2.94 bits per heavy atom. The molecule has 0 saturated heterocycles. The molecule has 1 saturated carbocycles. The molecule has 0 radical (unpaired) electrons. The fraction of sp³-hybridized carbons (Fsp3) is 0.500. The van der Waals surface area contributed by atoms with Gasteiger partial charge < -0.3 is 5.32 Å². The van der Waals surface area contributed by atoms with Gasteiger partial charge in [-0.2, -0.15) is 0 Å². The molecule has 1 N–H and O–H groups in total. The molecule has 0 aromatic heterocycles. The van der Waals surface area contributed by atoms with E-state index in [-0.39, 0.29) is 10.6 Å². The zero-order chi connectivity index (χ0) is 12.4. The van der Waals surface area contributed by atoms with Crippen molar-refractivity contribution in [2.24, 2.45) is 5.92 Å². The Balaban J connectivity index is 2.03. The van der Waals surface area contributed by atoms with E-state index in [9.17, 15) is 10.1 Å². The molecule has 1 aromatic carbocycles. The second-order valence-corrected chi connectivity index (χ2v) is 5.34. The van der Waals surface area contributed by atoms with Gasteiger partial charge in [0.2, 0.25) is 0 Å². The molecule has 92 valence electrons. The third kappa shape index (κ3) is 3.04. The summed E-state index contributed by atoms with van der Waals surface area (Å²) in [5, 5.41) is 14.2. The van der Waals surface area contributed by atoms with Crippen LogP contribution in [0.2, 0.25) is 0 Å². The molecule has 0 amide bonds. The van der Waals surface area contributed by atoms with Crippen molar-refractivity contribution in [2.45, 2.75) is 32.4 Å². The normalized spacial score (nSPS) is 22.5. The summed E-state index contributed by atoms with van der Waals surface area (Å²) in [6.07, 6.45) is 2.37. The molecule has 1 aliphatic rings. The zero-order valence-corrected chi connectivity index (χ0v) is 11.2. The molecule has 0 spiro atoms. The topological polar surface area (TPSA) is 55.2 Å². The second-order valence-electron chi connectivity index (χ2n) is 4.42. The summed E-state index contributed by atoms with van der Waals surface area (Å²) in [6, 6.07) is 5.60. The largest absolute Gasteiger partial charge is 0.309 e. The Bertz CT molecular complexity index is 437. The van der Waals surface area contributed by atoms with Crippen LogP contribution in [0.1, 0.15) is 25.3 Å². The first kappa shape index (κ1) is 12.5. The van der Waals surface area contributed by atoms with E-state index in [1.54, 1.807) is 12.1 Å². The van der Waals surface area contributed by atoms with Gasteiger partial charge in [0.1, 0.15) is 0 Å². The maximum Gasteiger partial charge on any atom is 0.273 e. The van der Waals surface area contributed by atoms with Gasteiger partial charge in [0, 0.05) is 28.7 Å². The molecule has 4 nitrogen and oxygen atoms in total. The molecule has 1 aliphatic carbocycles. The highest BCUT2D eigenvalue weighted by molar-refractivity contribution is 9.10. The fourth-order valence-electron chi connectivity index (χ4n) is 2.06. The Morgan fingerprint density at radius 1 is 1.59 bits per heavy atom. The number of benzene rings is 1. The van der Waals surface area contributed by atoms with Gasteiger partial charge in [-0.3, -0.25) is 10.1 Å². The lowest BCUT2D eigenvalue weighted by Crippen LogP contribution is -2.18. The minimum atomic E-state index is -0.326. The van der Waals surface area contributed by atoms with Gasteiger partial charge in [-0.15, -0.1) is 0 Å². The van der Waals surface area contributed by atoms with E-state index in [1.165, 1.54) is 12.8 Å². The van der Waals surface area contributed by atoms with Gasteiger partial charge in [-0.1, -0.05) is 29.3 Å². The van der Waals surface area contributed by atoms with Crippen molar-refractivity contribution in [1.29, 1.82) is 0 Å². The standard InChI is InChI=1S/C12H15BrN2O2/c1-2-8-6-11(8)14-7-9-5-10(13)3-4-12(9)15(16)17/h3-5,8,11,14H,2,6-7H2,1H3. The van der Waals surface area contributed by atoms with Crippen molar-refractivity contribution in [2.75, 3.05) is 0 Å². The minimum absolute atomic E-state index is 0.189. The van der Waals surface area contributed by atoms with E-state index in [0.29, 0.717) is 12.6 Å². The molecule has 1 aromatic rings. The number of nitro groups is 1. The molecular formula is C12H15BrN2O2. The number of nitrogens with zero attached hydrogens (tertiary/aromatic N) is 1. The molecule has 5 heteroatoms. The Morgan fingerprint density at radius 2 is 2.35 bits per heavy atom. The quantitative estimate of drug-likeness (QED) is 0.670. The van der Waals surface area contributed by atoms with E-state index in [1.807, 2.05) is 6.07 Å². The molecule has 2 unspecified atom stereocenters. The van der Waals surface area contributed by atoms with E-state index in [4.69, 9.17) is 0 Å². The highest BCUT2D eigenvalue weighted by Crippen LogP contribution is 2.34. The van der Waals surface area contributed by atoms with Crippen molar-refractivity contribution >= 4 is 21.6 Å². The number of rotatable bonds is 5. The summed E-state index contributed by atoms with van der Waals surface area (Å²) >= 11 is 3.34. The minimum Gasteiger partial charge on any atom is -0.309 e. The highest BCUT2D eigenvalue weighted by atomic mass is 79.9. The third-order valence-corrected chi connectivity index (χ3v) is 3.73. The van der Waals surface area contributed by atoms with Crippen LogP contribution < -0.4 is 5.32 Å². The summed E-state index contributed by atoms with van der Waals surface area (Å²) in [5.74, 6) is 0.751. The predicted molar refractivity (Wildman–Crippen MR) is 69.8 cm³/mol. The number of hydrogen-bond donors (Lipinski definition) is 1. The van der Waals surface area contributed by atoms with Gasteiger partial charge in [-0.25, -0.2) is 0 Å². The number of hydrogen-bond acceptors (Lipinski definition) is 3.